The van der Waals surface area contributed by atoms with E-state index in [0.29, 0.717) is 12.0 Å². The maximum atomic E-state index is 14.2. The molecule has 2 aromatic carbocycles. The van der Waals surface area contributed by atoms with Gasteiger partial charge in [0.2, 0.25) is 0 Å². The molecule has 3 rings (SSSR count). The average Bonchev–Trinajstić information content (AvgIpc) is 2.54. The summed E-state index contributed by atoms with van der Waals surface area (Å²) in [7, 11) is 0. The minimum atomic E-state index is -0.873. The number of aromatic nitrogens is 1. The third-order valence-corrected chi connectivity index (χ3v) is 4.02. The Morgan fingerprint density at radius 2 is 1.81 bits per heavy atom. The van der Waals surface area contributed by atoms with Crippen molar-refractivity contribution in [3.8, 4) is 0 Å². The molecule has 1 atom stereocenters. The Labute approximate surface area is 123 Å². The summed E-state index contributed by atoms with van der Waals surface area (Å²) in [6, 6.07) is 16.5. The lowest BCUT2D eigenvalue weighted by Crippen LogP contribution is -2.38. The van der Waals surface area contributed by atoms with E-state index < -0.39 is 5.54 Å². The van der Waals surface area contributed by atoms with E-state index in [2.05, 4.69) is 4.98 Å². The van der Waals surface area contributed by atoms with Gasteiger partial charge in [0.1, 0.15) is 5.82 Å². The van der Waals surface area contributed by atoms with E-state index in [9.17, 15) is 4.39 Å². The van der Waals surface area contributed by atoms with Crippen molar-refractivity contribution < 1.29 is 4.39 Å². The van der Waals surface area contributed by atoms with E-state index in [0.717, 1.165) is 16.5 Å². The molecular formula is C18H17FN2. The second-order valence-corrected chi connectivity index (χ2v) is 5.22. The van der Waals surface area contributed by atoms with Crippen molar-refractivity contribution in [1.82, 2.24) is 4.98 Å². The summed E-state index contributed by atoms with van der Waals surface area (Å²) >= 11 is 0. The van der Waals surface area contributed by atoms with Gasteiger partial charge in [-0.15, -0.1) is 0 Å². The Morgan fingerprint density at radius 1 is 1.10 bits per heavy atom. The van der Waals surface area contributed by atoms with Gasteiger partial charge in [-0.3, -0.25) is 4.98 Å². The lowest BCUT2D eigenvalue weighted by atomic mass is 9.81. The molecule has 1 aromatic heterocycles. The molecule has 2 nitrogen and oxygen atoms in total. The van der Waals surface area contributed by atoms with Crippen LogP contribution in [0.2, 0.25) is 0 Å². The quantitative estimate of drug-likeness (QED) is 0.788. The monoisotopic (exact) mass is 280 g/mol. The van der Waals surface area contributed by atoms with E-state index in [1.165, 1.54) is 6.07 Å². The van der Waals surface area contributed by atoms with Gasteiger partial charge < -0.3 is 5.73 Å². The van der Waals surface area contributed by atoms with Crippen LogP contribution in [-0.2, 0) is 5.54 Å². The van der Waals surface area contributed by atoms with Crippen LogP contribution in [0.5, 0.6) is 0 Å². The van der Waals surface area contributed by atoms with Crippen molar-refractivity contribution >= 4 is 10.9 Å². The second-order valence-electron chi connectivity index (χ2n) is 5.22. The molecule has 3 heteroatoms. The van der Waals surface area contributed by atoms with Gasteiger partial charge in [0.25, 0.3) is 0 Å². The molecule has 106 valence electrons. The lowest BCUT2D eigenvalue weighted by molar-refractivity contribution is 0.479. The first-order chi connectivity index (χ1) is 10.1. The zero-order chi connectivity index (χ0) is 14.9. The molecule has 0 aliphatic heterocycles. The maximum absolute atomic E-state index is 14.2. The fourth-order valence-corrected chi connectivity index (χ4v) is 2.69. The molecule has 0 saturated heterocycles. The molecule has 0 saturated carbocycles. The molecule has 0 aliphatic rings. The lowest BCUT2D eigenvalue weighted by Gasteiger charge is -2.29. The Hall–Kier alpha value is -2.26. The van der Waals surface area contributed by atoms with Crippen LogP contribution in [-0.4, -0.2) is 4.98 Å². The summed E-state index contributed by atoms with van der Waals surface area (Å²) < 4.78 is 14.2. The van der Waals surface area contributed by atoms with E-state index in [-0.39, 0.29) is 5.82 Å². The van der Waals surface area contributed by atoms with Crippen LogP contribution in [0, 0.1) is 5.82 Å². The molecule has 0 fully saturated rings. The van der Waals surface area contributed by atoms with Crippen LogP contribution in [0.1, 0.15) is 24.5 Å². The van der Waals surface area contributed by atoms with E-state index >= 15 is 0 Å². The van der Waals surface area contributed by atoms with Crippen molar-refractivity contribution in [1.29, 1.82) is 0 Å². The number of pyridine rings is 1. The molecule has 2 N–H and O–H groups in total. The maximum Gasteiger partial charge on any atom is 0.128 e. The highest BCUT2D eigenvalue weighted by Crippen LogP contribution is 2.32. The summed E-state index contributed by atoms with van der Waals surface area (Å²) in [5, 5.41) is 1.01. The van der Waals surface area contributed by atoms with Gasteiger partial charge in [0, 0.05) is 17.1 Å². The summed E-state index contributed by atoms with van der Waals surface area (Å²) in [6.07, 6.45) is 2.34. The highest BCUT2D eigenvalue weighted by Gasteiger charge is 2.30. The number of nitrogens with two attached hydrogens (primary N) is 1. The summed E-state index contributed by atoms with van der Waals surface area (Å²) in [4.78, 5) is 4.45. The predicted molar refractivity (Wildman–Crippen MR) is 83.4 cm³/mol. The van der Waals surface area contributed by atoms with Gasteiger partial charge in [-0.1, -0.05) is 43.3 Å². The molecule has 1 heterocycles. The van der Waals surface area contributed by atoms with Crippen LogP contribution in [0.4, 0.5) is 4.39 Å². The Bertz CT molecular complexity index is 785. The van der Waals surface area contributed by atoms with Crippen LogP contribution >= 0.6 is 0 Å². The van der Waals surface area contributed by atoms with Crippen molar-refractivity contribution in [2.24, 2.45) is 5.73 Å². The van der Waals surface area contributed by atoms with Gasteiger partial charge in [-0.2, -0.15) is 0 Å². The number of nitrogens with zero attached hydrogens (tertiary/aromatic N) is 1. The first-order valence-corrected chi connectivity index (χ1v) is 7.04. The Kier molecular flexibility index (Phi) is 3.43. The van der Waals surface area contributed by atoms with Gasteiger partial charge in [0.05, 0.1) is 11.1 Å². The van der Waals surface area contributed by atoms with E-state index in [1.54, 1.807) is 18.3 Å². The van der Waals surface area contributed by atoms with Gasteiger partial charge in [0.15, 0.2) is 0 Å². The summed E-state index contributed by atoms with van der Waals surface area (Å²) in [5.41, 5.74) is 7.92. The van der Waals surface area contributed by atoms with E-state index in [4.69, 9.17) is 5.73 Å². The van der Waals surface area contributed by atoms with Crippen molar-refractivity contribution in [3.63, 3.8) is 0 Å². The normalized spacial score (nSPS) is 14.0. The third kappa shape index (κ3) is 2.30. The molecule has 0 radical (unpaired) electrons. The summed E-state index contributed by atoms with van der Waals surface area (Å²) in [5.74, 6) is -0.282. The van der Waals surface area contributed by atoms with Gasteiger partial charge in [-0.25, -0.2) is 4.39 Å². The number of fused-ring (bicyclic) bond motifs is 1. The smallest absolute Gasteiger partial charge is 0.128 e. The number of rotatable bonds is 3. The van der Waals surface area contributed by atoms with Crippen LogP contribution < -0.4 is 5.73 Å². The molecular weight excluding hydrogens is 263 g/mol. The Balaban J connectivity index is 2.19. The summed E-state index contributed by atoms with van der Waals surface area (Å²) in [6.45, 7) is 1.96. The highest BCUT2D eigenvalue weighted by molar-refractivity contribution is 5.79. The Morgan fingerprint density at radius 3 is 2.57 bits per heavy atom. The van der Waals surface area contributed by atoms with E-state index in [1.807, 2.05) is 43.3 Å². The fraction of sp³-hybridized carbons (Fsp3) is 0.167. The highest BCUT2D eigenvalue weighted by atomic mass is 19.1. The number of halogens is 1. The number of benzene rings is 2. The molecule has 0 amide bonds. The SMILES string of the molecule is CCC(N)(c1cnc2ccccc2c1)c1ccccc1F. The van der Waals surface area contributed by atoms with Crippen molar-refractivity contribution in [2.75, 3.05) is 0 Å². The predicted octanol–water partition coefficient (Wildman–Crippen LogP) is 3.99. The topological polar surface area (TPSA) is 38.9 Å². The molecule has 3 aromatic rings. The van der Waals surface area contributed by atoms with Gasteiger partial charge in [-0.05, 0) is 30.2 Å². The number of hydrogen-bond donors (Lipinski definition) is 1. The molecule has 21 heavy (non-hydrogen) atoms. The first-order valence-electron chi connectivity index (χ1n) is 7.04. The largest absolute Gasteiger partial charge is 0.318 e. The van der Waals surface area contributed by atoms with Gasteiger partial charge >= 0.3 is 0 Å². The minimum Gasteiger partial charge on any atom is -0.318 e. The average molecular weight is 280 g/mol. The standard InChI is InChI=1S/C18H17FN2/c1-2-18(20,15-8-4-5-9-16(15)19)14-11-13-7-3-6-10-17(13)21-12-14/h3-12H,2,20H2,1H3. The third-order valence-electron chi connectivity index (χ3n) is 4.02. The zero-order valence-electron chi connectivity index (χ0n) is 11.9. The molecule has 0 bridgehead atoms. The second kappa shape index (κ2) is 5.26. The molecule has 0 spiro atoms. The number of hydrogen-bond acceptors (Lipinski definition) is 2. The molecule has 1 unspecified atom stereocenters. The van der Waals surface area contributed by atoms with Crippen LogP contribution in [0.25, 0.3) is 10.9 Å². The van der Waals surface area contributed by atoms with Crippen molar-refractivity contribution in [3.05, 3.63) is 77.7 Å². The zero-order valence-corrected chi connectivity index (χ0v) is 11.9. The number of para-hydroxylation sites is 1. The minimum absolute atomic E-state index is 0.282. The fourth-order valence-electron chi connectivity index (χ4n) is 2.69. The van der Waals surface area contributed by atoms with Crippen LogP contribution in [0.3, 0.4) is 0 Å². The van der Waals surface area contributed by atoms with Crippen LogP contribution in [0.15, 0.2) is 60.8 Å². The molecule has 0 aliphatic carbocycles. The first kappa shape index (κ1) is 13.7. The van der Waals surface area contributed by atoms with Crippen molar-refractivity contribution in [2.45, 2.75) is 18.9 Å².